The van der Waals surface area contributed by atoms with Gasteiger partial charge in [-0.3, -0.25) is 15.1 Å². The number of aromatic nitrogens is 1. The van der Waals surface area contributed by atoms with E-state index in [0.29, 0.717) is 17.0 Å². The average molecular weight is 378 g/mol. The lowest BCUT2D eigenvalue weighted by Gasteiger charge is -2.26. The molecule has 2 rings (SSSR count). The van der Waals surface area contributed by atoms with Gasteiger partial charge in [0.1, 0.15) is 5.92 Å². The largest absolute Gasteiger partial charge is 0.462 e. The second kappa shape index (κ2) is 8.74. The summed E-state index contributed by atoms with van der Waals surface area (Å²) in [7, 11) is 0. The second-order valence-corrected chi connectivity index (χ2v) is 5.69. The van der Waals surface area contributed by atoms with Crippen LogP contribution in [0.1, 0.15) is 31.7 Å². The highest BCUT2D eigenvalue weighted by Gasteiger charge is 2.40. The molecular formula is C16H18N4O7. The molecule has 0 aliphatic carbocycles. The van der Waals surface area contributed by atoms with Crippen LogP contribution in [0.4, 0.5) is 0 Å². The highest BCUT2D eigenvalue weighted by atomic mass is 16.9. The lowest BCUT2D eigenvalue weighted by molar-refractivity contribution is -0.757. The van der Waals surface area contributed by atoms with Gasteiger partial charge in [0.05, 0.1) is 29.4 Å². The van der Waals surface area contributed by atoms with Gasteiger partial charge in [0, 0.05) is 24.5 Å². The zero-order valence-electron chi connectivity index (χ0n) is 14.7. The Bertz CT molecular complexity index is 804. The fraction of sp³-hybridized carbons (Fsp3) is 0.375. The summed E-state index contributed by atoms with van der Waals surface area (Å²) in [6.45, 7) is 2.85. The number of nitrogens with zero attached hydrogens (tertiary/aromatic N) is 3. The molecular weight excluding hydrogens is 360 g/mol. The number of hydrogen-bond acceptors (Lipinski definition) is 9. The molecule has 1 aliphatic rings. The molecule has 1 atom stereocenters. The molecule has 2 heterocycles. The van der Waals surface area contributed by atoms with Crippen LogP contribution in [0.3, 0.4) is 0 Å². The van der Waals surface area contributed by atoms with Crippen molar-refractivity contribution in [3.05, 3.63) is 73.0 Å². The average Bonchev–Trinajstić information content (AvgIpc) is 2.60. The van der Waals surface area contributed by atoms with Crippen LogP contribution in [0.15, 0.2) is 47.2 Å². The molecule has 0 amide bonds. The molecule has 0 saturated heterocycles. The van der Waals surface area contributed by atoms with Crippen molar-refractivity contribution in [2.24, 2.45) is 0 Å². The van der Waals surface area contributed by atoms with Crippen molar-refractivity contribution < 1.29 is 24.4 Å². The summed E-state index contributed by atoms with van der Waals surface area (Å²) in [4.78, 5) is 41.9. The fourth-order valence-corrected chi connectivity index (χ4v) is 2.82. The number of pyridine rings is 1. The van der Waals surface area contributed by atoms with Crippen molar-refractivity contribution in [3.63, 3.8) is 0 Å². The molecule has 1 aliphatic heterocycles. The van der Waals surface area contributed by atoms with Gasteiger partial charge in [-0.1, -0.05) is 0 Å². The van der Waals surface area contributed by atoms with Crippen molar-refractivity contribution in [2.75, 3.05) is 13.2 Å². The monoisotopic (exact) mass is 378 g/mol. The quantitative estimate of drug-likeness (QED) is 0.309. The van der Waals surface area contributed by atoms with E-state index in [0.717, 1.165) is 0 Å². The number of carbonyl (C=O) groups is 1. The first-order chi connectivity index (χ1) is 12.8. The SMILES string of the molecule is CC1=C(C(=O)OCCCO[N+](=O)[O-])C(c2ccncc2)C([N+](=O)[O-])=C(C)N1. The number of dihydropyridines is 1. The molecule has 1 aromatic heterocycles. The van der Waals surface area contributed by atoms with E-state index in [-0.39, 0.29) is 30.9 Å². The number of nitrogens with one attached hydrogen (secondary N) is 1. The van der Waals surface area contributed by atoms with E-state index in [1.807, 2.05) is 0 Å². The molecule has 1 N–H and O–H groups in total. The minimum Gasteiger partial charge on any atom is -0.462 e. The predicted octanol–water partition coefficient (Wildman–Crippen LogP) is 1.69. The number of carbonyl (C=O) groups excluding carboxylic acids is 1. The summed E-state index contributed by atoms with van der Waals surface area (Å²) in [6.07, 6.45) is 3.08. The van der Waals surface area contributed by atoms with Crippen molar-refractivity contribution in [1.82, 2.24) is 10.3 Å². The first-order valence-electron chi connectivity index (χ1n) is 8.00. The smallest absolute Gasteiger partial charge is 0.336 e. The van der Waals surface area contributed by atoms with E-state index in [4.69, 9.17) is 4.74 Å². The molecule has 27 heavy (non-hydrogen) atoms. The highest BCUT2D eigenvalue weighted by Crippen LogP contribution is 2.38. The zero-order chi connectivity index (χ0) is 20.0. The van der Waals surface area contributed by atoms with Gasteiger partial charge in [-0.05, 0) is 31.5 Å². The first kappa shape index (κ1) is 19.8. The van der Waals surface area contributed by atoms with E-state index < -0.39 is 21.9 Å². The summed E-state index contributed by atoms with van der Waals surface area (Å²) in [5.41, 5.74) is 1.24. The van der Waals surface area contributed by atoms with Crippen LogP contribution in [-0.4, -0.2) is 34.2 Å². The standard InChI is InChI=1S/C16H18N4O7/c1-10-13(16(21)26-8-3-9-27-20(24)25)14(12-4-6-17-7-5-12)15(19(22)23)11(2)18-10/h4-7,14,18H,3,8-9H2,1-2H3. The van der Waals surface area contributed by atoms with Gasteiger partial charge in [0.2, 0.25) is 0 Å². The number of esters is 1. The topological polar surface area (TPSA) is 147 Å². The van der Waals surface area contributed by atoms with Crippen LogP contribution in [0, 0.1) is 20.2 Å². The van der Waals surface area contributed by atoms with E-state index in [1.165, 1.54) is 12.4 Å². The molecule has 0 saturated carbocycles. The lowest BCUT2D eigenvalue weighted by Crippen LogP contribution is -2.31. The Morgan fingerprint density at radius 3 is 2.44 bits per heavy atom. The lowest BCUT2D eigenvalue weighted by atomic mass is 9.84. The van der Waals surface area contributed by atoms with Gasteiger partial charge in [0.25, 0.3) is 10.8 Å². The minimum absolute atomic E-state index is 0.105. The third kappa shape index (κ3) is 4.77. The molecule has 1 unspecified atom stereocenters. The van der Waals surface area contributed by atoms with Crippen molar-refractivity contribution >= 4 is 5.97 Å². The van der Waals surface area contributed by atoms with Crippen LogP contribution in [-0.2, 0) is 14.4 Å². The van der Waals surface area contributed by atoms with Crippen LogP contribution in [0.2, 0.25) is 0 Å². The van der Waals surface area contributed by atoms with Crippen LogP contribution >= 0.6 is 0 Å². The summed E-state index contributed by atoms with van der Waals surface area (Å²) < 4.78 is 5.15. The predicted molar refractivity (Wildman–Crippen MR) is 91.0 cm³/mol. The molecule has 0 fully saturated rings. The van der Waals surface area contributed by atoms with Gasteiger partial charge in [-0.25, -0.2) is 4.79 Å². The number of rotatable bonds is 8. The molecule has 0 bridgehead atoms. The Morgan fingerprint density at radius 2 is 1.85 bits per heavy atom. The summed E-state index contributed by atoms with van der Waals surface area (Å²) in [5, 5.41) is 23.6. The normalized spacial score (nSPS) is 16.6. The molecule has 1 aromatic rings. The first-order valence-corrected chi connectivity index (χ1v) is 8.00. The third-order valence-corrected chi connectivity index (χ3v) is 3.90. The summed E-state index contributed by atoms with van der Waals surface area (Å²) in [5.74, 6) is -1.67. The zero-order valence-corrected chi connectivity index (χ0v) is 14.7. The number of hydrogen-bond donors (Lipinski definition) is 1. The van der Waals surface area contributed by atoms with Gasteiger partial charge in [-0.15, -0.1) is 10.1 Å². The number of allylic oxidation sites excluding steroid dienone is 3. The van der Waals surface area contributed by atoms with Gasteiger partial charge >= 0.3 is 5.97 Å². The summed E-state index contributed by atoms with van der Waals surface area (Å²) >= 11 is 0. The maximum atomic E-state index is 12.6. The third-order valence-electron chi connectivity index (χ3n) is 3.90. The fourth-order valence-electron chi connectivity index (χ4n) is 2.82. The molecule has 0 radical (unpaired) electrons. The number of nitro groups is 1. The van der Waals surface area contributed by atoms with Gasteiger partial charge < -0.3 is 14.9 Å². The second-order valence-electron chi connectivity index (χ2n) is 5.69. The van der Waals surface area contributed by atoms with Gasteiger partial charge in [0.15, 0.2) is 0 Å². The number of ether oxygens (including phenoxy) is 1. The Hall–Kier alpha value is -3.50. The van der Waals surface area contributed by atoms with Crippen LogP contribution in [0.25, 0.3) is 0 Å². The molecule has 0 spiro atoms. The van der Waals surface area contributed by atoms with Crippen LogP contribution < -0.4 is 5.32 Å². The van der Waals surface area contributed by atoms with Crippen molar-refractivity contribution in [3.8, 4) is 0 Å². The maximum absolute atomic E-state index is 12.6. The highest BCUT2D eigenvalue weighted by molar-refractivity contribution is 5.92. The molecule has 0 aromatic carbocycles. The Morgan fingerprint density at radius 1 is 1.19 bits per heavy atom. The summed E-state index contributed by atoms with van der Waals surface area (Å²) in [6, 6.07) is 3.19. The van der Waals surface area contributed by atoms with Crippen molar-refractivity contribution in [1.29, 1.82) is 0 Å². The molecule has 11 nitrogen and oxygen atoms in total. The van der Waals surface area contributed by atoms with E-state index >= 15 is 0 Å². The maximum Gasteiger partial charge on any atom is 0.336 e. The van der Waals surface area contributed by atoms with Crippen molar-refractivity contribution in [2.45, 2.75) is 26.2 Å². The van der Waals surface area contributed by atoms with E-state index in [2.05, 4.69) is 15.1 Å². The Balaban J connectivity index is 2.26. The van der Waals surface area contributed by atoms with E-state index in [1.54, 1.807) is 26.0 Å². The Labute approximate surface area is 153 Å². The van der Waals surface area contributed by atoms with Gasteiger partial charge in [-0.2, -0.15) is 0 Å². The minimum atomic E-state index is -0.935. The van der Waals surface area contributed by atoms with E-state index in [9.17, 15) is 25.0 Å². The molecule has 144 valence electrons. The van der Waals surface area contributed by atoms with Crippen LogP contribution in [0.5, 0.6) is 0 Å². The Kier molecular flexibility index (Phi) is 6.41. The molecule has 11 heteroatoms.